The van der Waals surface area contributed by atoms with Crippen molar-refractivity contribution in [2.24, 2.45) is 0 Å². The van der Waals surface area contributed by atoms with E-state index in [9.17, 15) is 8.42 Å². The van der Waals surface area contributed by atoms with E-state index in [2.05, 4.69) is 19.9 Å². The quantitative estimate of drug-likeness (QED) is 0.796. The summed E-state index contributed by atoms with van der Waals surface area (Å²) in [6.45, 7) is 1.75. The average Bonchev–Trinajstić information content (AvgIpc) is 2.85. The van der Waals surface area contributed by atoms with Crippen LogP contribution in [0.15, 0.2) is 27.9 Å². The summed E-state index contributed by atoms with van der Waals surface area (Å²) < 4.78 is 30.7. The van der Waals surface area contributed by atoms with Gasteiger partial charge in [0.15, 0.2) is 5.03 Å². The fourth-order valence-electron chi connectivity index (χ4n) is 1.11. The molecule has 2 aromatic heterocycles. The van der Waals surface area contributed by atoms with Crippen LogP contribution in [0.4, 0.5) is 0 Å². The highest BCUT2D eigenvalue weighted by molar-refractivity contribution is 7.89. The lowest BCUT2D eigenvalue weighted by Crippen LogP contribution is -2.23. The number of rotatable bonds is 4. The zero-order valence-electron chi connectivity index (χ0n) is 8.47. The molecule has 8 heteroatoms. The highest BCUT2D eigenvalue weighted by Crippen LogP contribution is 2.05. The second-order valence-corrected chi connectivity index (χ2v) is 4.85. The van der Waals surface area contributed by atoms with E-state index in [1.807, 2.05) is 0 Å². The van der Waals surface area contributed by atoms with E-state index in [-0.39, 0.29) is 11.6 Å². The molecule has 0 amide bonds. The van der Waals surface area contributed by atoms with Crippen molar-refractivity contribution in [3.8, 4) is 0 Å². The van der Waals surface area contributed by atoms with Crippen LogP contribution in [0.1, 0.15) is 11.7 Å². The summed E-state index contributed by atoms with van der Waals surface area (Å²) in [6.07, 6.45) is 2.89. The smallest absolute Gasteiger partial charge is 0.257 e. The molecule has 0 unspecified atom stereocenters. The number of nitrogens with one attached hydrogen (secondary N) is 2. The Hall–Kier alpha value is -1.67. The van der Waals surface area contributed by atoms with Gasteiger partial charge in [0.05, 0.1) is 18.9 Å². The first-order valence-corrected chi connectivity index (χ1v) is 5.96. The van der Waals surface area contributed by atoms with Gasteiger partial charge in [-0.15, -0.1) is 0 Å². The molecule has 0 atom stereocenters. The van der Waals surface area contributed by atoms with Crippen molar-refractivity contribution in [1.29, 1.82) is 0 Å². The summed E-state index contributed by atoms with van der Waals surface area (Å²) in [7, 11) is -3.57. The van der Waals surface area contributed by atoms with Crippen LogP contribution in [0.25, 0.3) is 0 Å². The number of aromatic nitrogens is 3. The zero-order valence-corrected chi connectivity index (χ0v) is 9.28. The second-order valence-electron chi connectivity index (χ2n) is 3.11. The highest BCUT2D eigenvalue weighted by atomic mass is 32.2. The third-order valence-electron chi connectivity index (χ3n) is 1.85. The van der Waals surface area contributed by atoms with Gasteiger partial charge in [-0.1, -0.05) is 0 Å². The van der Waals surface area contributed by atoms with Crippen molar-refractivity contribution in [3.63, 3.8) is 0 Å². The molecule has 7 nitrogen and oxygen atoms in total. The van der Waals surface area contributed by atoms with E-state index < -0.39 is 10.0 Å². The summed E-state index contributed by atoms with van der Waals surface area (Å²) >= 11 is 0. The first-order chi connectivity index (χ1) is 7.58. The molecule has 0 radical (unpaired) electrons. The standard InChI is InChI=1S/C8H10N4O3S/c1-6-4-9-7(15-6)5-11-16(13,14)8-2-3-10-12-8/h2-4,11H,5H2,1H3,(H,10,12). The van der Waals surface area contributed by atoms with E-state index in [0.29, 0.717) is 11.7 Å². The van der Waals surface area contributed by atoms with E-state index in [1.165, 1.54) is 18.5 Å². The molecule has 2 aromatic rings. The van der Waals surface area contributed by atoms with Gasteiger partial charge in [-0.3, -0.25) is 5.10 Å². The predicted octanol–water partition coefficient (Wildman–Crippen LogP) is 0.185. The Morgan fingerprint density at radius 2 is 2.38 bits per heavy atom. The van der Waals surface area contributed by atoms with Crippen LogP contribution >= 0.6 is 0 Å². The molecule has 16 heavy (non-hydrogen) atoms. The van der Waals surface area contributed by atoms with Gasteiger partial charge in [0.25, 0.3) is 10.0 Å². The van der Waals surface area contributed by atoms with Gasteiger partial charge < -0.3 is 4.42 Å². The molecule has 0 bridgehead atoms. The SMILES string of the molecule is Cc1cnc(CNS(=O)(=O)c2ccn[nH]2)o1. The minimum Gasteiger partial charge on any atom is -0.445 e. The molecule has 2 heterocycles. The van der Waals surface area contributed by atoms with Crippen LogP contribution in [0.5, 0.6) is 0 Å². The van der Waals surface area contributed by atoms with Gasteiger partial charge in [0, 0.05) is 0 Å². The first kappa shape index (κ1) is 10.8. The minimum atomic E-state index is -3.57. The Kier molecular flexibility index (Phi) is 2.75. The van der Waals surface area contributed by atoms with Crippen molar-refractivity contribution in [3.05, 3.63) is 30.1 Å². The summed E-state index contributed by atoms with van der Waals surface area (Å²) in [4.78, 5) is 3.88. The Balaban J connectivity index is 2.06. The van der Waals surface area contributed by atoms with E-state index in [0.717, 1.165) is 0 Å². The van der Waals surface area contributed by atoms with Gasteiger partial charge in [-0.2, -0.15) is 5.10 Å². The zero-order chi connectivity index (χ0) is 11.6. The number of nitrogens with zero attached hydrogens (tertiary/aromatic N) is 2. The van der Waals surface area contributed by atoms with Gasteiger partial charge in [0.1, 0.15) is 5.76 Å². The largest absolute Gasteiger partial charge is 0.445 e. The number of oxazole rings is 1. The van der Waals surface area contributed by atoms with Crippen LogP contribution in [0.3, 0.4) is 0 Å². The Morgan fingerprint density at radius 3 is 2.94 bits per heavy atom. The molecule has 0 saturated carbocycles. The van der Waals surface area contributed by atoms with E-state index in [1.54, 1.807) is 6.92 Å². The maximum Gasteiger partial charge on any atom is 0.257 e. The lowest BCUT2D eigenvalue weighted by atomic mass is 10.6. The third-order valence-corrected chi connectivity index (χ3v) is 3.18. The minimum absolute atomic E-state index is 0.00912. The van der Waals surface area contributed by atoms with E-state index in [4.69, 9.17) is 4.42 Å². The van der Waals surface area contributed by atoms with Gasteiger partial charge in [-0.25, -0.2) is 18.1 Å². The fourth-order valence-corrected chi connectivity index (χ4v) is 1.99. The van der Waals surface area contributed by atoms with Crippen LogP contribution in [0.2, 0.25) is 0 Å². The topological polar surface area (TPSA) is 101 Å². The molecule has 0 aliphatic heterocycles. The molecule has 0 aliphatic carbocycles. The normalized spacial score (nSPS) is 11.8. The lowest BCUT2D eigenvalue weighted by Gasteiger charge is -2.01. The molecule has 0 fully saturated rings. The average molecular weight is 242 g/mol. The fraction of sp³-hybridized carbons (Fsp3) is 0.250. The monoisotopic (exact) mass is 242 g/mol. The van der Waals surface area contributed by atoms with Crippen LogP contribution in [0, 0.1) is 6.92 Å². The molecule has 0 saturated heterocycles. The first-order valence-electron chi connectivity index (χ1n) is 4.48. The molecule has 0 aromatic carbocycles. The lowest BCUT2D eigenvalue weighted by molar-refractivity contribution is 0.463. The van der Waals surface area contributed by atoms with Crippen molar-refractivity contribution in [1.82, 2.24) is 19.9 Å². The van der Waals surface area contributed by atoms with Crippen LogP contribution in [-0.2, 0) is 16.6 Å². The van der Waals surface area contributed by atoms with Crippen LogP contribution in [-0.4, -0.2) is 23.6 Å². The van der Waals surface area contributed by atoms with Gasteiger partial charge in [-0.05, 0) is 13.0 Å². The molecule has 2 N–H and O–H groups in total. The second kappa shape index (κ2) is 4.06. The number of hydrogen-bond acceptors (Lipinski definition) is 5. The molecular weight excluding hydrogens is 232 g/mol. The number of sulfonamides is 1. The number of aryl methyl sites for hydroxylation is 1. The van der Waals surface area contributed by atoms with Crippen molar-refractivity contribution in [2.45, 2.75) is 18.5 Å². The number of H-pyrrole nitrogens is 1. The molecular formula is C8H10N4O3S. The summed E-state index contributed by atoms with van der Waals surface area (Å²) in [5.41, 5.74) is 0. The maximum atomic E-state index is 11.6. The van der Waals surface area contributed by atoms with E-state index >= 15 is 0 Å². The number of aromatic amines is 1. The molecule has 86 valence electrons. The Morgan fingerprint density at radius 1 is 1.56 bits per heavy atom. The van der Waals surface area contributed by atoms with Crippen molar-refractivity contribution >= 4 is 10.0 Å². The number of hydrogen-bond donors (Lipinski definition) is 2. The molecule has 0 spiro atoms. The summed E-state index contributed by atoms with van der Waals surface area (Å²) in [5.74, 6) is 0.955. The Labute approximate surface area is 91.9 Å². The summed E-state index contributed by atoms with van der Waals surface area (Å²) in [6, 6.07) is 1.36. The summed E-state index contributed by atoms with van der Waals surface area (Å²) in [5, 5.41) is 5.94. The third kappa shape index (κ3) is 2.28. The van der Waals surface area contributed by atoms with Gasteiger partial charge >= 0.3 is 0 Å². The van der Waals surface area contributed by atoms with Crippen molar-refractivity contribution < 1.29 is 12.8 Å². The molecule has 2 rings (SSSR count). The maximum absolute atomic E-state index is 11.6. The molecule has 0 aliphatic rings. The Bertz CT molecular complexity index is 558. The van der Waals surface area contributed by atoms with Crippen molar-refractivity contribution in [2.75, 3.05) is 0 Å². The van der Waals surface area contributed by atoms with Crippen LogP contribution < -0.4 is 4.72 Å². The van der Waals surface area contributed by atoms with Gasteiger partial charge in [0.2, 0.25) is 5.89 Å². The predicted molar refractivity (Wildman–Crippen MR) is 53.9 cm³/mol. The highest BCUT2D eigenvalue weighted by Gasteiger charge is 2.15.